The summed E-state index contributed by atoms with van der Waals surface area (Å²) >= 11 is 0. The smallest absolute Gasteiger partial charge is 0.277 e. The van der Waals surface area contributed by atoms with Gasteiger partial charge in [0.15, 0.2) is 6.61 Å². The molecule has 0 aliphatic heterocycles. The number of nitriles is 1. The summed E-state index contributed by atoms with van der Waals surface area (Å²) in [6, 6.07) is 16.5. The maximum absolute atomic E-state index is 11.7. The van der Waals surface area contributed by atoms with Gasteiger partial charge in [0.05, 0.1) is 11.8 Å². The lowest BCUT2D eigenvalue weighted by atomic mass is 10.1. The van der Waals surface area contributed by atoms with E-state index in [1.54, 1.807) is 30.5 Å². The summed E-state index contributed by atoms with van der Waals surface area (Å²) in [4.78, 5) is 11.7. The fourth-order valence-electron chi connectivity index (χ4n) is 1.77. The van der Waals surface area contributed by atoms with Gasteiger partial charge in [0.2, 0.25) is 0 Å². The van der Waals surface area contributed by atoms with Crippen molar-refractivity contribution < 1.29 is 9.53 Å². The van der Waals surface area contributed by atoms with Gasteiger partial charge in [-0.3, -0.25) is 4.79 Å². The first-order valence-electron chi connectivity index (χ1n) is 6.70. The Balaban J connectivity index is 1.86. The molecule has 0 spiro atoms. The first kappa shape index (κ1) is 15.3. The standard InChI is InChI=1S/C17H15N3O2/c1-13-6-2-3-8-15(13)11-19-20-17(21)12-22-16-9-5-4-7-14(16)10-18/h2-9,11H,12H2,1H3,(H,20,21)/b19-11+. The predicted molar refractivity (Wildman–Crippen MR) is 83.6 cm³/mol. The average molecular weight is 293 g/mol. The second kappa shape index (κ2) is 7.60. The van der Waals surface area contributed by atoms with E-state index < -0.39 is 5.91 Å². The molecule has 0 heterocycles. The number of benzene rings is 2. The van der Waals surface area contributed by atoms with Crippen LogP contribution in [-0.2, 0) is 4.79 Å². The number of para-hydroxylation sites is 1. The van der Waals surface area contributed by atoms with Gasteiger partial charge in [0, 0.05) is 0 Å². The Labute approximate surface area is 128 Å². The number of hydrazone groups is 1. The SMILES string of the molecule is Cc1ccccc1/C=N/NC(=O)COc1ccccc1C#N. The van der Waals surface area contributed by atoms with Crippen LogP contribution in [0.15, 0.2) is 53.6 Å². The van der Waals surface area contributed by atoms with Crippen molar-refractivity contribution in [2.75, 3.05) is 6.61 Å². The summed E-state index contributed by atoms with van der Waals surface area (Å²) in [6.45, 7) is 1.76. The second-order valence-electron chi connectivity index (χ2n) is 4.55. The van der Waals surface area contributed by atoms with Crippen molar-refractivity contribution in [1.29, 1.82) is 5.26 Å². The van der Waals surface area contributed by atoms with Crippen molar-refractivity contribution in [3.8, 4) is 11.8 Å². The van der Waals surface area contributed by atoms with E-state index in [-0.39, 0.29) is 6.61 Å². The van der Waals surface area contributed by atoms with Gasteiger partial charge in [-0.15, -0.1) is 0 Å². The van der Waals surface area contributed by atoms with Crippen LogP contribution in [0, 0.1) is 18.3 Å². The molecular weight excluding hydrogens is 278 g/mol. The second-order valence-corrected chi connectivity index (χ2v) is 4.55. The summed E-state index contributed by atoms with van der Waals surface area (Å²) in [6.07, 6.45) is 1.58. The molecular formula is C17H15N3O2. The molecule has 0 saturated carbocycles. The number of aryl methyl sites for hydroxylation is 1. The van der Waals surface area contributed by atoms with E-state index >= 15 is 0 Å². The summed E-state index contributed by atoms with van der Waals surface area (Å²) in [5.74, 6) is -0.0133. The van der Waals surface area contributed by atoms with E-state index in [1.807, 2.05) is 37.3 Å². The molecule has 2 rings (SSSR count). The zero-order chi connectivity index (χ0) is 15.8. The predicted octanol–water partition coefficient (Wildman–Crippen LogP) is 2.40. The van der Waals surface area contributed by atoms with Crippen molar-refractivity contribution in [2.24, 2.45) is 5.10 Å². The monoisotopic (exact) mass is 293 g/mol. The third-order valence-electron chi connectivity index (χ3n) is 2.95. The topological polar surface area (TPSA) is 74.5 Å². The highest BCUT2D eigenvalue weighted by Crippen LogP contribution is 2.16. The fraction of sp³-hybridized carbons (Fsp3) is 0.118. The molecule has 110 valence electrons. The molecule has 2 aromatic rings. The quantitative estimate of drug-likeness (QED) is 0.679. The number of nitrogens with one attached hydrogen (secondary N) is 1. The van der Waals surface area contributed by atoms with Crippen LogP contribution in [0.2, 0.25) is 0 Å². The molecule has 5 heteroatoms. The fourth-order valence-corrected chi connectivity index (χ4v) is 1.77. The molecule has 22 heavy (non-hydrogen) atoms. The highest BCUT2D eigenvalue weighted by Gasteiger charge is 2.05. The Morgan fingerprint density at radius 3 is 2.77 bits per heavy atom. The molecule has 0 aliphatic carbocycles. The van der Waals surface area contributed by atoms with Crippen LogP contribution in [0.4, 0.5) is 0 Å². The highest BCUT2D eigenvalue weighted by atomic mass is 16.5. The van der Waals surface area contributed by atoms with E-state index in [0.717, 1.165) is 11.1 Å². The van der Waals surface area contributed by atoms with Crippen LogP contribution >= 0.6 is 0 Å². The Morgan fingerprint density at radius 2 is 2.00 bits per heavy atom. The van der Waals surface area contributed by atoms with Crippen LogP contribution in [0.25, 0.3) is 0 Å². The Hall–Kier alpha value is -3.13. The van der Waals surface area contributed by atoms with Gasteiger partial charge in [-0.25, -0.2) is 5.43 Å². The van der Waals surface area contributed by atoms with Crippen LogP contribution in [0.1, 0.15) is 16.7 Å². The van der Waals surface area contributed by atoms with Crippen LogP contribution < -0.4 is 10.2 Å². The first-order chi connectivity index (χ1) is 10.7. The maximum atomic E-state index is 11.7. The van der Waals surface area contributed by atoms with Gasteiger partial charge in [0.1, 0.15) is 11.8 Å². The molecule has 0 aliphatic rings. The molecule has 0 aromatic heterocycles. The minimum absolute atomic E-state index is 0.205. The Kier molecular flexibility index (Phi) is 5.27. The lowest BCUT2D eigenvalue weighted by Crippen LogP contribution is -2.24. The molecule has 0 atom stereocenters. The molecule has 5 nitrogen and oxygen atoms in total. The van der Waals surface area contributed by atoms with E-state index in [4.69, 9.17) is 10.00 Å². The van der Waals surface area contributed by atoms with Crippen LogP contribution in [0.3, 0.4) is 0 Å². The largest absolute Gasteiger partial charge is 0.482 e. The molecule has 2 aromatic carbocycles. The van der Waals surface area contributed by atoms with Crippen molar-refractivity contribution in [2.45, 2.75) is 6.92 Å². The molecule has 0 fully saturated rings. The number of nitrogens with zero attached hydrogens (tertiary/aromatic N) is 2. The van der Waals surface area contributed by atoms with E-state index in [0.29, 0.717) is 11.3 Å². The zero-order valence-electron chi connectivity index (χ0n) is 12.1. The van der Waals surface area contributed by atoms with Crippen molar-refractivity contribution >= 4 is 12.1 Å². The van der Waals surface area contributed by atoms with Gasteiger partial charge in [-0.2, -0.15) is 10.4 Å². The van der Waals surface area contributed by atoms with Crippen molar-refractivity contribution in [3.63, 3.8) is 0 Å². The lowest BCUT2D eigenvalue weighted by molar-refractivity contribution is -0.123. The lowest BCUT2D eigenvalue weighted by Gasteiger charge is -2.06. The number of hydrogen-bond donors (Lipinski definition) is 1. The Morgan fingerprint density at radius 1 is 1.27 bits per heavy atom. The molecule has 0 unspecified atom stereocenters. The number of rotatable bonds is 5. The molecule has 0 saturated heterocycles. The number of hydrogen-bond acceptors (Lipinski definition) is 4. The minimum atomic E-state index is -0.391. The summed E-state index contributed by atoms with van der Waals surface area (Å²) in [5, 5.41) is 12.8. The van der Waals surface area contributed by atoms with E-state index in [2.05, 4.69) is 10.5 Å². The van der Waals surface area contributed by atoms with Crippen molar-refractivity contribution in [1.82, 2.24) is 5.43 Å². The van der Waals surface area contributed by atoms with Gasteiger partial charge in [-0.1, -0.05) is 36.4 Å². The van der Waals surface area contributed by atoms with Gasteiger partial charge in [0.25, 0.3) is 5.91 Å². The number of ether oxygens (including phenoxy) is 1. The van der Waals surface area contributed by atoms with E-state index in [1.165, 1.54) is 0 Å². The normalized spacial score (nSPS) is 10.2. The van der Waals surface area contributed by atoms with Gasteiger partial charge in [-0.05, 0) is 30.2 Å². The molecule has 0 radical (unpaired) electrons. The molecule has 0 bridgehead atoms. The maximum Gasteiger partial charge on any atom is 0.277 e. The summed E-state index contributed by atoms with van der Waals surface area (Å²) in [5.41, 5.74) is 4.77. The highest BCUT2D eigenvalue weighted by molar-refractivity contribution is 5.84. The first-order valence-corrected chi connectivity index (χ1v) is 6.70. The average Bonchev–Trinajstić information content (AvgIpc) is 2.55. The number of carbonyl (C=O) groups is 1. The third-order valence-corrected chi connectivity index (χ3v) is 2.95. The van der Waals surface area contributed by atoms with Gasteiger partial charge < -0.3 is 4.74 Å². The zero-order valence-corrected chi connectivity index (χ0v) is 12.1. The van der Waals surface area contributed by atoms with Crippen LogP contribution in [0.5, 0.6) is 5.75 Å². The third kappa shape index (κ3) is 4.18. The van der Waals surface area contributed by atoms with Crippen LogP contribution in [-0.4, -0.2) is 18.7 Å². The van der Waals surface area contributed by atoms with Crippen molar-refractivity contribution in [3.05, 3.63) is 65.2 Å². The molecule has 1 N–H and O–H groups in total. The number of amides is 1. The van der Waals surface area contributed by atoms with Gasteiger partial charge >= 0.3 is 0 Å². The summed E-state index contributed by atoms with van der Waals surface area (Å²) < 4.78 is 5.31. The number of carbonyl (C=O) groups excluding carboxylic acids is 1. The minimum Gasteiger partial charge on any atom is -0.482 e. The summed E-state index contributed by atoms with van der Waals surface area (Å²) in [7, 11) is 0. The Bertz CT molecular complexity index is 733. The van der Waals surface area contributed by atoms with E-state index in [9.17, 15) is 4.79 Å². The molecule has 1 amide bonds.